The summed E-state index contributed by atoms with van der Waals surface area (Å²) in [6.45, 7) is 1.73. The van der Waals surface area contributed by atoms with Crippen LogP contribution in [0.4, 0.5) is 10.2 Å². The first-order valence-electron chi connectivity index (χ1n) is 11.4. The molecule has 0 saturated carbocycles. The first-order valence-corrected chi connectivity index (χ1v) is 11.8. The normalized spacial score (nSPS) is 14.2. The van der Waals surface area contributed by atoms with Crippen molar-refractivity contribution in [2.24, 2.45) is 5.92 Å². The monoisotopic (exact) mass is 491 g/mol. The number of hydrogen-bond donors (Lipinski definition) is 1. The van der Waals surface area contributed by atoms with E-state index in [2.05, 4.69) is 25.3 Å². The number of hydrogen-bond acceptors (Lipinski definition) is 6. The fourth-order valence-corrected chi connectivity index (χ4v) is 4.37. The Morgan fingerprint density at radius 2 is 1.91 bits per heavy atom. The van der Waals surface area contributed by atoms with Crippen molar-refractivity contribution in [3.8, 4) is 22.8 Å². The van der Waals surface area contributed by atoms with E-state index < -0.39 is 0 Å². The smallest absolute Gasteiger partial charge is 0.261 e. The van der Waals surface area contributed by atoms with Crippen LogP contribution in [0, 0.1) is 11.7 Å². The number of rotatable bonds is 6. The minimum Gasteiger partial charge on any atom is -0.356 e. The second-order valence-electron chi connectivity index (χ2n) is 8.41. The molecule has 0 spiro atoms. The molecule has 9 heteroatoms. The number of aromatic nitrogens is 3. The molecule has 1 amide bonds. The molecule has 35 heavy (non-hydrogen) atoms. The molecule has 7 nitrogen and oxygen atoms in total. The largest absolute Gasteiger partial charge is 0.356 e. The SMILES string of the molecule is O=C(NCc1ccc(F)cc1)C1CCN(c2ncccc2-c2nc(-c3cccc(Cl)c3)no2)CC1. The van der Waals surface area contributed by atoms with Crippen molar-refractivity contribution >= 4 is 23.3 Å². The van der Waals surface area contributed by atoms with Crippen LogP contribution >= 0.6 is 11.6 Å². The highest BCUT2D eigenvalue weighted by Crippen LogP contribution is 2.32. The molecular weight excluding hydrogens is 469 g/mol. The van der Waals surface area contributed by atoms with Crippen LogP contribution in [-0.2, 0) is 11.3 Å². The van der Waals surface area contributed by atoms with Crippen molar-refractivity contribution in [2.75, 3.05) is 18.0 Å². The van der Waals surface area contributed by atoms with Gasteiger partial charge >= 0.3 is 0 Å². The molecule has 0 aliphatic carbocycles. The number of piperidine rings is 1. The van der Waals surface area contributed by atoms with Crippen LogP contribution in [0.5, 0.6) is 0 Å². The van der Waals surface area contributed by atoms with Crippen molar-refractivity contribution in [3.63, 3.8) is 0 Å². The molecule has 0 bridgehead atoms. The van der Waals surface area contributed by atoms with Crippen molar-refractivity contribution in [1.29, 1.82) is 0 Å². The summed E-state index contributed by atoms with van der Waals surface area (Å²) >= 11 is 6.09. The first kappa shape index (κ1) is 23.0. The summed E-state index contributed by atoms with van der Waals surface area (Å²) in [6.07, 6.45) is 3.13. The topological polar surface area (TPSA) is 84.2 Å². The minimum atomic E-state index is -0.289. The van der Waals surface area contributed by atoms with E-state index in [0.29, 0.717) is 49.2 Å². The first-order chi connectivity index (χ1) is 17.1. The Labute approximate surface area is 206 Å². The number of anilines is 1. The van der Waals surface area contributed by atoms with E-state index in [1.165, 1.54) is 12.1 Å². The lowest BCUT2D eigenvalue weighted by Gasteiger charge is -2.32. The van der Waals surface area contributed by atoms with Gasteiger partial charge < -0.3 is 14.7 Å². The second kappa shape index (κ2) is 10.2. The summed E-state index contributed by atoms with van der Waals surface area (Å²) in [6, 6.07) is 17.2. The second-order valence-corrected chi connectivity index (χ2v) is 8.85. The summed E-state index contributed by atoms with van der Waals surface area (Å²) in [5.74, 6) is 1.22. The van der Waals surface area contributed by atoms with Gasteiger partial charge in [-0.1, -0.05) is 41.0 Å². The van der Waals surface area contributed by atoms with Gasteiger partial charge in [0.1, 0.15) is 11.6 Å². The van der Waals surface area contributed by atoms with Gasteiger partial charge in [0.05, 0.1) is 5.56 Å². The number of benzene rings is 2. The molecule has 2 aromatic carbocycles. The van der Waals surface area contributed by atoms with Crippen molar-refractivity contribution < 1.29 is 13.7 Å². The van der Waals surface area contributed by atoms with E-state index in [4.69, 9.17) is 16.1 Å². The average Bonchev–Trinajstić information content (AvgIpc) is 3.39. The van der Waals surface area contributed by atoms with Crippen molar-refractivity contribution in [3.05, 3.63) is 83.3 Å². The van der Waals surface area contributed by atoms with Gasteiger partial charge in [0, 0.05) is 42.3 Å². The molecule has 1 aliphatic rings. The molecule has 5 rings (SSSR count). The molecule has 0 unspecified atom stereocenters. The lowest BCUT2D eigenvalue weighted by Crippen LogP contribution is -2.40. The zero-order valence-electron chi connectivity index (χ0n) is 18.8. The highest BCUT2D eigenvalue weighted by atomic mass is 35.5. The molecule has 1 fully saturated rings. The maximum absolute atomic E-state index is 13.1. The van der Waals surface area contributed by atoms with Gasteiger partial charge in [-0.3, -0.25) is 4.79 Å². The lowest BCUT2D eigenvalue weighted by atomic mass is 9.95. The predicted molar refractivity (Wildman–Crippen MR) is 131 cm³/mol. The molecular formula is C26H23ClFN5O2. The predicted octanol–water partition coefficient (Wildman–Crippen LogP) is 5.12. The number of halogens is 2. The van der Waals surface area contributed by atoms with Crippen LogP contribution in [0.25, 0.3) is 22.8 Å². The van der Waals surface area contributed by atoms with Gasteiger partial charge in [-0.05, 0) is 54.8 Å². The summed E-state index contributed by atoms with van der Waals surface area (Å²) in [4.78, 5) is 23.9. The number of carbonyl (C=O) groups is 1. The third-order valence-electron chi connectivity index (χ3n) is 6.07. The number of nitrogens with zero attached hydrogens (tertiary/aromatic N) is 4. The summed E-state index contributed by atoms with van der Waals surface area (Å²) in [5, 5.41) is 7.67. The van der Waals surface area contributed by atoms with Crippen molar-refractivity contribution in [2.45, 2.75) is 19.4 Å². The average molecular weight is 492 g/mol. The Hall–Kier alpha value is -3.78. The van der Waals surface area contributed by atoms with Gasteiger partial charge in [-0.25, -0.2) is 9.37 Å². The molecule has 4 aromatic rings. The standard InChI is InChI=1S/C26H23ClFN5O2/c27-20-4-1-3-19(15-20)23-31-26(35-32-23)22-5-2-12-29-24(22)33-13-10-18(11-14-33)25(34)30-16-17-6-8-21(28)9-7-17/h1-9,12,15,18H,10-11,13-14,16H2,(H,30,34). The van der Waals surface area contributed by atoms with E-state index >= 15 is 0 Å². The van der Waals surface area contributed by atoms with Gasteiger partial charge in [-0.2, -0.15) is 4.98 Å². The Morgan fingerprint density at radius 1 is 1.11 bits per heavy atom. The molecule has 0 radical (unpaired) electrons. The summed E-state index contributed by atoms with van der Waals surface area (Å²) in [7, 11) is 0. The number of carbonyl (C=O) groups excluding carboxylic acids is 1. The maximum atomic E-state index is 13.1. The van der Waals surface area contributed by atoms with Gasteiger partial charge in [0.15, 0.2) is 0 Å². The third kappa shape index (κ3) is 5.33. The number of pyridine rings is 1. The van der Waals surface area contributed by atoms with E-state index in [9.17, 15) is 9.18 Å². The molecule has 1 saturated heterocycles. The van der Waals surface area contributed by atoms with Crippen LogP contribution in [0.2, 0.25) is 5.02 Å². The summed E-state index contributed by atoms with van der Waals surface area (Å²) < 4.78 is 18.6. The Bertz CT molecular complexity index is 1320. The zero-order chi connectivity index (χ0) is 24.2. The fourth-order valence-electron chi connectivity index (χ4n) is 4.18. The molecule has 3 heterocycles. The van der Waals surface area contributed by atoms with Crippen LogP contribution in [0.1, 0.15) is 18.4 Å². The lowest BCUT2D eigenvalue weighted by molar-refractivity contribution is -0.125. The Balaban J connectivity index is 1.24. The van der Waals surface area contributed by atoms with Gasteiger partial charge in [0.25, 0.3) is 5.89 Å². The van der Waals surface area contributed by atoms with Crippen LogP contribution in [0.15, 0.2) is 71.4 Å². The molecule has 2 aromatic heterocycles. The quantitative estimate of drug-likeness (QED) is 0.403. The highest BCUT2D eigenvalue weighted by Gasteiger charge is 2.27. The molecule has 0 atom stereocenters. The van der Waals surface area contributed by atoms with E-state index in [1.54, 1.807) is 30.5 Å². The number of amides is 1. The fraction of sp³-hybridized carbons (Fsp3) is 0.231. The molecule has 1 aliphatic heterocycles. The summed E-state index contributed by atoms with van der Waals surface area (Å²) in [5.41, 5.74) is 2.38. The van der Waals surface area contributed by atoms with Gasteiger partial charge in [0.2, 0.25) is 11.7 Å². The zero-order valence-corrected chi connectivity index (χ0v) is 19.6. The number of nitrogens with one attached hydrogen (secondary N) is 1. The third-order valence-corrected chi connectivity index (χ3v) is 6.31. The molecule has 1 N–H and O–H groups in total. The molecule has 178 valence electrons. The highest BCUT2D eigenvalue weighted by molar-refractivity contribution is 6.30. The van der Waals surface area contributed by atoms with Crippen LogP contribution < -0.4 is 10.2 Å². The Kier molecular flexibility index (Phi) is 6.72. The maximum Gasteiger partial charge on any atom is 0.261 e. The van der Waals surface area contributed by atoms with Crippen LogP contribution in [-0.4, -0.2) is 34.1 Å². The minimum absolute atomic E-state index is 0.0123. The van der Waals surface area contributed by atoms with Crippen molar-refractivity contribution in [1.82, 2.24) is 20.4 Å². The Morgan fingerprint density at radius 3 is 2.69 bits per heavy atom. The van der Waals surface area contributed by atoms with E-state index in [0.717, 1.165) is 22.5 Å². The van der Waals surface area contributed by atoms with E-state index in [-0.39, 0.29) is 17.6 Å². The van der Waals surface area contributed by atoms with E-state index in [1.807, 2.05) is 24.3 Å². The van der Waals surface area contributed by atoms with Crippen LogP contribution in [0.3, 0.4) is 0 Å². The van der Waals surface area contributed by atoms with Gasteiger partial charge in [-0.15, -0.1) is 0 Å².